The summed E-state index contributed by atoms with van der Waals surface area (Å²) in [4.78, 5) is 35.2. The minimum absolute atomic E-state index is 0.0786. The van der Waals surface area contributed by atoms with Crippen molar-refractivity contribution in [3.05, 3.63) is 0 Å². The van der Waals surface area contributed by atoms with Gasteiger partial charge in [-0.2, -0.15) is 0 Å². The van der Waals surface area contributed by atoms with Crippen molar-refractivity contribution in [2.24, 2.45) is 5.73 Å². The Morgan fingerprint density at radius 2 is 1.89 bits per heavy atom. The summed E-state index contributed by atoms with van der Waals surface area (Å²) < 4.78 is 9.41. The highest BCUT2D eigenvalue weighted by Crippen LogP contribution is 1.99. The highest BCUT2D eigenvalue weighted by atomic mass is 16.5. The standard InChI is InChI=1S/C11H21N3O5/c1-8(13-11(12)17)10(16)14(6-7-18-2)5-4-9(15)19-3/h8H,4-7H2,1-3H3,(H3,12,13,17). The van der Waals surface area contributed by atoms with Crippen LogP contribution >= 0.6 is 0 Å². The second-order valence-corrected chi connectivity index (χ2v) is 3.87. The van der Waals surface area contributed by atoms with E-state index in [-0.39, 0.29) is 18.9 Å². The maximum absolute atomic E-state index is 12.0. The average molecular weight is 275 g/mol. The van der Waals surface area contributed by atoms with Gasteiger partial charge in [0, 0.05) is 20.2 Å². The number of ether oxygens (including phenoxy) is 2. The molecule has 0 radical (unpaired) electrons. The van der Waals surface area contributed by atoms with Gasteiger partial charge >= 0.3 is 12.0 Å². The van der Waals surface area contributed by atoms with Gasteiger partial charge in [0.05, 0.1) is 20.1 Å². The number of carbonyl (C=O) groups excluding carboxylic acids is 3. The Morgan fingerprint density at radius 3 is 2.37 bits per heavy atom. The summed E-state index contributed by atoms with van der Waals surface area (Å²) in [5.41, 5.74) is 4.96. The SMILES string of the molecule is COCCN(CCC(=O)OC)C(=O)C(C)NC(N)=O. The molecular formula is C11H21N3O5. The molecule has 110 valence electrons. The van der Waals surface area contributed by atoms with E-state index in [1.54, 1.807) is 0 Å². The van der Waals surface area contributed by atoms with E-state index < -0.39 is 18.0 Å². The van der Waals surface area contributed by atoms with Crippen molar-refractivity contribution in [2.75, 3.05) is 33.9 Å². The van der Waals surface area contributed by atoms with Crippen molar-refractivity contribution in [3.63, 3.8) is 0 Å². The minimum atomic E-state index is -0.777. The molecule has 19 heavy (non-hydrogen) atoms. The molecule has 8 nitrogen and oxygen atoms in total. The molecule has 0 aliphatic carbocycles. The molecule has 0 rings (SSSR count). The van der Waals surface area contributed by atoms with E-state index in [9.17, 15) is 14.4 Å². The van der Waals surface area contributed by atoms with Gasteiger partial charge in [0.1, 0.15) is 6.04 Å². The second kappa shape index (κ2) is 9.15. The first kappa shape index (κ1) is 17.2. The van der Waals surface area contributed by atoms with Crippen LogP contribution in [0.15, 0.2) is 0 Å². The lowest BCUT2D eigenvalue weighted by atomic mass is 10.2. The summed E-state index contributed by atoms with van der Waals surface area (Å²) in [5, 5.41) is 2.29. The molecule has 0 saturated carbocycles. The fourth-order valence-corrected chi connectivity index (χ4v) is 1.41. The molecule has 0 aliphatic rings. The van der Waals surface area contributed by atoms with Gasteiger partial charge in [-0.05, 0) is 6.92 Å². The van der Waals surface area contributed by atoms with Gasteiger partial charge in [0.25, 0.3) is 0 Å². The zero-order chi connectivity index (χ0) is 14.8. The van der Waals surface area contributed by atoms with Crippen molar-refractivity contribution in [3.8, 4) is 0 Å². The smallest absolute Gasteiger partial charge is 0.312 e. The van der Waals surface area contributed by atoms with E-state index >= 15 is 0 Å². The number of nitrogens with one attached hydrogen (secondary N) is 1. The maximum Gasteiger partial charge on any atom is 0.312 e. The van der Waals surface area contributed by atoms with Crippen LogP contribution in [-0.2, 0) is 19.1 Å². The van der Waals surface area contributed by atoms with Crippen LogP contribution < -0.4 is 11.1 Å². The Bertz CT molecular complexity index is 321. The molecule has 0 aromatic rings. The Morgan fingerprint density at radius 1 is 1.26 bits per heavy atom. The summed E-state index contributed by atoms with van der Waals surface area (Å²) in [6, 6.07) is -1.53. The highest BCUT2D eigenvalue weighted by molar-refractivity contribution is 5.86. The molecule has 0 spiro atoms. The third kappa shape index (κ3) is 7.24. The van der Waals surface area contributed by atoms with Gasteiger partial charge < -0.3 is 25.4 Å². The lowest BCUT2D eigenvalue weighted by Crippen LogP contribution is -2.49. The molecule has 0 saturated heterocycles. The number of primary amides is 1. The van der Waals surface area contributed by atoms with Gasteiger partial charge in [0.2, 0.25) is 5.91 Å². The van der Waals surface area contributed by atoms with Crippen LogP contribution in [0.3, 0.4) is 0 Å². The number of esters is 1. The number of urea groups is 1. The number of nitrogens with two attached hydrogens (primary N) is 1. The van der Waals surface area contributed by atoms with Crippen LogP contribution in [-0.4, -0.2) is 62.8 Å². The van der Waals surface area contributed by atoms with Gasteiger partial charge in [-0.25, -0.2) is 4.79 Å². The predicted molar refractivity (Wildman–Crippen MR) is 67.3 cm³/mol. The Kier molecular flexibility index (Phi) is 8.27. The highest BCUT2D eigenvalue weighted by Gasteiger charge is 2.21. The van der Waals surface area contributed by atoms with Crippen LogP contribution in [0, 0.1) is 0 Å². The molecule has 3 N–H and O–H groups in total. The number of hydrogen-bond acceptors (Lipinski definition) is 5. The van der Waals surface area contributed by atoms with Crippen LogP contribution in [0.4, 0.5) is 4.79 Å². The Labute approximate surface area is 112 Å². The fraction of sp³-hybridized carbons (Fsp3) is 0.727. The van der Waals surface area contributed by atoms with Gasteiger partial charge in [-0.3, -0.25) is 9.59 Å². The molecule has 3 amide bonds. The van der Waals surface area contributed by atoms with E-state index in [2.05, 4.69) is 10.1 Å². The average Bonchev–Trinajstić information content (AvgIpc) is 2.36. The molecular weight excluding hydrogens is 254 g/mol. The normalized spacial score (nSPS) is 11.5. The van der Waals surface area contributed by atoms with Crippen LogP contribution in [0.5, 0.6) is 0 Å². The lowest BCUT2D eigenvalue weighted by molar-refractivity contribution is -0.142. The Hall–Kier alpha value is -1.83. The number of amides is 3. The zero-order valence-electron chi connectivity index (χ0n) is 11.5. The van der Waals surface area contributed by atoms with Crippen LogP contribution in [0.25, 0.3) is 0 Å². The third-order valence-electron chi connectivity index (χ3n) is 2.42. The molecule has 8 heteroatoms. The van der Waals surface area contributed by atoms with Crippen LogP contribution in [0.2, 0.25) is 0 Å². The molecule has 0 aliphatic heterocycles. The van der Waals surface area contributed by atoms with E-state index in [1.165, 1.54) is 26.0 Å². The first-order valence-electron chi connectivity index (χ1n) is 5.82. The molecule has 0 aromatic heterocycles. The maximum atomic E-state index is 12.0. The quantitative estimate of drug-likeness (QED) is 0.557. The van der Waals surface area contributed by atoms with Crippen molar-refractivity contribution in [1.29, 1.82) is 0 Å². The summed E-state index contributed by atoms with van der Waals surface area (Å²) in [6.45, 7) is 2.36. The van der Waals surface area contributed by atoms with Crippen molar-refractivity contribution in [1.82, 2.24) is 10.2 Å². The number of carbonyl (C=O) groups is 3. The van der Waals surface area contributed by atoms with Crippen LogP contribution in [0.1, 0.15) is 13.3 Å². The summed E-state index contributed by atoms with van der Waals surface area (Å²) in [6.07, 6.45) is 0.0786. The van der Waals surface area contributed by atoms with Crippen molar-refractivity contribution in [2.45, 2.75) is 19.4 Å². The molecule has 1 atom stereocenters. The third-order valence-corrected chi connectivity index (χ3v) is 2.42. The van der Waals surface area contributed by atoms with Gasteiger partial charge in [-0.15, -0.1) is 0 Å². The number of rotatable bonds is 8. The lowest BCUT2D eigenvalue weighted by Gasteiger charge is -2.25. The second-order valence-electron chi connectivity index (χ2n) is 3.87. The minimum Gasteiger partial charge on any atom is -0.469 e. The largest absolute Gasteiger partial charge is 0.469 e. The number of methoxy groups -OCH3 is 2. The monoisotopic (exact) mass is 275 g/mol. The van der Waals surface area contributed by atoms with Crippen molar-refractivity contribution >= 4 is 17.9 Å². The zero-order valence-corrected chi connectivity index (χ0v) is 11.5. The van der Waals surface area contributed by atoms with E-state index in [1.807, 2.05) is 0 Å². The molecule has 0 aromatic carbocycles. The first-order chi connectivity index (χ1) is 8.92. The first-order valence-corrected chi connectivity index (χ1v) is 5.82. The van der Waals surface area contributed by atoms with Gasteiger partial charge in [0.15, 0.2) is 0 Å². The fourth-order valence-electron chi connectivity index (χ4n) is 1.41. The Balaban J connectivity index is 4.49. The van der Waals surface area contributed by atoms with Crippen molar-refractivity contribution < 1.29 is 23.9 Å². The number of hydrogen-bond donors (Lipinski definition) is 2. The summed E-state index contributed by atoms with van der Waals surface area (Å²) in [7, 11) is 2.79. The van der Waals surface area contributed by atoms with E-state index in [0.29, 0.717) is 13.2 Å². The topological polar surface area (TPSA) is 111 Å². The van der Waals surface area contributed by atoms with E-state index in [4.69, 9.17) is 10.5 Å². The molecule has 0 heterocycles. The molecule has 0 fully saturated rings. The molecule has 0 bridgehead atoms. The summed E-state index contributed by atoms with van der Waals surface area (Å²) in [5.74, 6) is -0.745. The predicted octanol–water partition coefficient (Wildman–Crippen LogP) is -0.919. The van der Waals surface area contributed by atoms with Gasteiger partial charge in [-0.1, -0.05) is 0 Å². The van der Waals surface area contributed by atoms with E-state index in [0.717, 1.165) is 0 Å². The molecule has 1 unspecified atom stereocenters. The summed E-state index contributed by atoms with van der Waals surface area (Å²) >= 11 is 0. The number of nitrogens with zero attached hydrogens (tertiary/aromatic N) is 1.